The van der Waals surface area contributed by atoms with E-state index in [-0.39, 0.29) is 12.9 Å². The molecule has 0 amide bonds. The van der Waals surface area contributed by atoms with Crippen molar-refractivity contribution in [3.63, 3.8) is 0 Å². The zero-order valence-corrected chi connectivity index (χ0v) is 17.2. The normalized spacial score (nSPS) is 14.6. The Hall–Kier alpha value is -2.32. The van der Waals surface area contributed by atoms with E-state index in [9.17, 15) is 0 Å². The fourth-order valence-electron chi connectivity index (χ4n) is 2.81. The summed E-state index contributed by atoms with van der Waals surface area (Å²) in [6, 6.07) is 3.65. The highest BCUT2D eigenvalue weighted by molar-refractivity contribution is 7.99. The molecule has 0 fully saturated rings. The van der Waals surface area contributed by atoms with Gasteiger partial charge in [-0.3, -0.25) is 0 Å². The Labute approximate surface area is 170 Å². The fraction of sp³-hybridized carbons (Fsp3) is 0.350. The number of benzene rings is 1. The molecule has 3 rings (SSSR count). The Balaban J connectivity index is 2.05. The van der Waals surface area contributed by atoms with E-state index in [1.807, 2.05) is 32.9 Å². The van der Waals surface area contributed by atoms with Gasteiger partial charge in [-0.25, -0.2) is 4.98 Å². The van der Waals surface area contributed by atoms with Gasteiger partial charge in [0, 0.05) is 17.1 Å². The maximum atomic E-state index is 6.22. The summed E-state index contributed by atoms with van der Waals surface area (Å²) in [5.74, 6) is 1.33. The van der Waals surface area contributed by atoms with E-state index >= 15 is 0 Å². The highest BCUT2D eigenvalue weighted by Crippen LogP contribution is 2.35. The quantitative estimate of drug-likeness (QED) is 0.704. The van der Waals surface area contributed by atoms with Crippen LogP contribution in [0.1, 0.15) is 20.8 Å². The van der Waals surface area contributed by atoms with E-state index in [1.165, 1.54) is 11.8 Å². The molecule has 28 heavy (non-hydrogen) atoms. The number of hydrogen-bond donors (Lipinski definition) is 1. The maximum absolute atomic E-state index is 6.22. The summed E-state index contributed by atoms with van der Waals surface area (Å²) in [5, 5.41) is 2.39. The molecule has 0 saturated carbocycles. The lowest BCUT2D eigenvalue weighted by atomic mass is 9.96. The van der Waals surface area contributed by atoms with Crippen molar-refractivity contribution in [3.05, 3.63) is 35.5 Å². The summed E-state index contributed by atoms with van der Waals surface area (Å²) < 4.78 is 18.7. The van der Waals surface area contributed by atoms with Crippen molar-refractivity contribution in [3.8, 4) is 11.5 Å². The Kier molecular flexibility index (Phi) is 6.41. The second-order valence-corrected chi connectivity index (χ2v) is 7.64. The van der Waals surface area contributed by atoms with Gasteiger partial charge in [0.2, 0.25) is 6.79 Å². The molecular weight excluding hydrogens is 373 g/mol. The highest BCUT2D eigenvalue weighted by atomic mass is 32.2. The minimum atomic E-state index is 0.151. The zero-order valence-electron chi connectivity index (χ0n) is 16.4. The number of allylic oxidation sites excluding steroid dienone is 1. The van der Waals surface area contributed by atoms with Gasteiger partial charge in [0.05, 0.1) is 18.1 Å². The van der Waals surface area contributed by atoms with Gasteiger partial charge in [-0.2, -0.15) is 0 Å². The van der Waals surface area contributed by atoms with Crippen molar-refractivity contribution >= 4 is 36.8 Å². The summed E-state index contributed by atoms with van der Waals surface area (Å²) in [6.07, 6.45) is 3.78. The van der Waals surface area contributed by atoms with Gasteiger partial charge < -0.3 is 24.5 Å². The number of aromatic nitrogens is 2. The van der Waals surface area contributed by atoms with Crippen molar-refractivity contribution in [1.29, 1.82) is 0 Å². The number of nitrogens with zero attached hydrogens (tertiary/aromatic N) is 2. The molecule has 2 radical (unpaired) electrons. The predicted octanol–water partition coefficient (Wildman–Crippen LogP) is 1.04. The van der Waals surface area contributed by atoms with Crippen LogP contribution in [0.2, 0.25) is 0 Å². The lowest BCUT2D eigenvalue weighted by Crippen LogP contribution is -2.34. The molecule has 0 spiro atoms. The summed E-state index contributed by atoms with van der Waals surface area (Å²) in [7, 11) is 6.22. The van der Waals surface area contributed by atoms with Crippen molar-refractivity contribution in [2.24, 2.45) is 5.73 Å². The average molecular weight is 397 g/mol. The lowest BCUT2D eigenvalue weighted by molar-refractivity contribution is 0.0711. The van der Waals surface area contributed by atoms with Crippen molar-refractivity contribution < 1.29 is 14.2 Å². The topological polar surface area (TPSA) is 71.5 Å². The van der Waals surface area contributed by atoms with Gasteiger partial charge >= 0.3 is 0 Å². The van der Waals surface area contributed by atoms with Crippen LogP contribution in [0.15, 0.2) is 34.8 Å². The van der Waals surface area contributed by atoms with E-state index in [0.29, 0.717) is 35.8 Å². The summed E-state index contributed by atoms with van der Waals surface area (Å²) in [5.41, 5.74) is 7.33. The summed E-state index contributed by atoms with van der Waals surface area (Å²) in [4.78, 5) is 5.60. The van der Waals surface area contributed by atoms with Crippen LogP contribution in [-0.2, 0) is 11.3 Å². The largest absolute Gasteiger partial charge is 0.454 e. The molecule has 0 unspecified atom stereocenters. The van der Waals surface area contributed by atoms with Crippen LogP contribution in [0.5, 0.6) is 11.5 Å². The van der Waals surface area contributed by atoms with Gasteiger partial charge in [-0.15, -0.1) is 0 Å². The first-order valence-corrected chi connectivity index (χ1v) is 9.86. The molecule has 1 aromatic heterocycles. The minimum absolute atomic E-state index is 0.151. The van der Waals surface area contributed by atoms with Crippen LogP contribution in [-0.4, -0.2) is 36.9 Å². The number of fused-ring (bicyclic) bond motifs is 1. The number of imidazole rings is 1. The first-order valence-electron chi connectivity index (χ1n) is 9.05. The van der Waals surface area contributed by atoms with E-state index in [4.69, 9.17) is 32.8 Å². The number of ether oxygens (including phenoxy) is 3. The van der Waals surface area contributed by atoms with Gasteiger partial charge in [0.1, 0.15) is 13.2 Å². The lowest BCUT2D eigenvalue weighted by Gasteiger charge is -2.12. The van der Waals surface area contributed by atoms with Gasteiger partial charge in [-0.1, -0.05) is 29.9 Å². The van der Waals surface area contributed by atoms with Crippen molar-refractivity contribution in [2.75, 3.05) is 13.4 Å². The summed E-state index contributed by atoms with van der Waals surface area (Å²) in [6.45, 7) is 11.1. The second-order valence-electron chi connectivity index (χ2n) is 6.63. The Morgan fingerprint density at radius 3 is 2.79 bits per heavy atom. The zero-order chi connectivity index (χ0) is 20.3. The standard InChI is InChI=1S/C20H24BN3O3S/c1-5-6-15-19(13(4)22)23-20(24(15)7-8-25-12(2)3)28-18-10-17-16(9-14(18)21)26-11-27-17/h5-6,9-10,12H,1,7-8,11,22H2,2-4H3/b15-6+,19-13-. The van der Waals surface area contributed by atoms with Crippen molar-refractivity contribution in [1.82, 2.24) is 9.55 Å². The second kappa shape index (κ2) is 8.79. The van der Waals surface area contributed by atoms with Crippen LogP contribution >= 0.6 is 11.8 Å². The van der Waals surface area contributed by atoms with Crippen LogP contribution < -0.4 is 31.4 Å². The monoisotopic (exact) mass is 397 g/mol. The SMILES string of the molecule is [B]c1cc2c(cc1Sc1nc(=C(/C)N)/c(=C\C=C)n1CCOC(C)C)OCO2. The molecule has 1 aliphatic rings. The molecule has 0 saturated heterocycles. The summed E-state index contributed by atoms with van der Waals surface area (Å²) >= 11 is 1.46. The third-order valence-electron chi connectivity index (χ3n) is 4.09. The molecule has 2 N–H and O–H groups in total. The van der Waals surface area contributed by atoms with Gasteiger partial charge in [0.25, 0.3) is 0 Å². The van der Waals surface area contributed by atoms with Gasteiger partial charge in [0.15, 0.2) is 16.7 Å². The molecule has 146 valence electrons. The Bertz CT molecular complexity index is 997. The molecule has 2 aromatic rings. The molecule has 0 atom stereocenters. The number of rotatable bonds is 7. The Morgan fingerprint density at radius 2 is 2.14 bits per heavy atom. The number of hydrogen-bond acceptors (Lipinski definition) is 6. The first kappa shape index (κ1) is 20.4. The fourth-order valence-corrected chi connectivity index (χ4v) is 3.79. The molecule has 8 heteroatoms. The molecule has 1 aliphatic heterocycles. The predicted molar refractivity (Wildman–Crippen MR) is 113 cm³/mol. The van der Waals surface area contributed by atoms with Crippen LogP contribution in [0, 0.1) is 0 Å². The minimum Gasteiger partial charge on any atom is -0.454 e. The highest BCUT2D eigenvalue weighted by Gasteiger charge is 2.18. The molecular formula is C20H24BN3O3S. The molecule has 2 heterocycles. The van der Waals surface area contributed by atoms with Crippen LogP contribution in [0.4, 0.5) is 0 Å². The smallest absolute Gasteiger partial charge is 0.231 e. The molecule has 6 nitrogen and oxygen atoms in total. The van der Waals surface area contributed by atoms with E-state index < -0.39 is 0 Å². The van der Waals surface area contributed by atoms with E-state index in [0.717, 1.165) is 20.8 Å². The first-order chi connectivity index (χ1) is 13.4. The Morgan fingerprint density at radius 1 is 1.43 bits per heavy atom. The van der Waals surface area contributed by atoms with Crippen LogP contribution in [0.25, 0.3) is 11.8 Å². The van der Waals surface area contributed by atoms with Crippen molar-refractivity contribution in [2.45, 2.75) is 43.5 Å². The van der Waals surface area contributed by atoms with Crippen LogP contribution in [0.3, 0.4) is 0 Å². The molecule has 0 aliphatic carbocycles. The van der Waals surface area contributed by atoms with Gasteiger partial charge in [-0.05, 0) is 39.0 Å². The number of nitrogens with two attached hydrogens (primary N) is 1. The third kappa shape index (κ3) is 4.39. The van der Waals surface area contributed by atoms with E-state index in [2.05, 4.69) is 11.1 Å². The third-order valence-corrected chi connectivity index (χ3v) is 5.16. The van der Waals surface area contributed by atoms with E-state index in [1.54, 1.807) is 12.1 Å². The molecule has 0 bridgehead atoms. The molecule has 1 aromatic carbocycles. The maximum Gasteiger partial charge on any atom is 0.231 e. The average Bonchev–Trinajstić information content (AvgIpc) is 3.21.